The number of likely N-dealkylation sites (N-methyl/N-ethyl adjacent to an activating group) is 1. The van der Waals surface area contributed by atoms with Crippen LogP contribution in [-0.2, 0) is 11.0 Å². The number of carbonyl (C=O) groups excluding carboxylic acids is 1. The van der Waals surface area contributed by atoms with Crippen LogP contribution in [0.5, 0.6) is 5.75 Å². The molecule has 8 heteroatoms. The van der Waals surface area contributed by atoms with E-state index in [1.54, 1.807) is 12.1 Å². The van der Waals surface area contributed by atoms with E-state index >= 15 is 0 Å². The smallest absolute Gasteiger partial charge is 0.419 e. The monoisotopic (exact) mass is 393 g/mol. The average Bonchev–Trinajstić information content (AvgIpc) is 2.67. The molecule has 0 radical (unpaired) electrons. The summed E-state index contributed by atoms with van der Waals surface area (Å²) in [5.41, 5.74) is 0.733. The molecule has 28 heavy (non-hydrogen) atoms. The normalized spacial score (nSPS) is 15.4. The largest absolute Gasteiger partial charge is 0.483 e. The first kappa shape index (κ1) is 20.0. The lowest BCUT2D eigenvalue weighted by Crippen LogP contribution is -2.44. The molecule has 0 unspecified atom stereocenters. The molecule has 1 fully saturated rings. The third kappa shape index (κ3) is 5.16. The topological polar surface area (TPSA) is 44.8 Å². The van der Waals surface area contributed by atoms with E-state index in [4.69, 9.17) is 4.74 Å². The summed E-state index contributed by atoms with van der Waals surface area (Å²) < 4.78 is 43.9. The van der Waals surface area contributed by atoms with Gasteiger partial charge in [0.1, 0.15) is 5.75 Å². The zero-order valence-electron chi connectivity index (χ0n) is 15.5. The van der Waals surface area contributed by atoms with Gasteiger partial charge in [-0.25, -0.2) is 0 Å². The fraction of sp³-hybridized carbons (Fsp3) is 0.350. The Morgan fingerprint density at radius 3 is 2.32 bits per heavy atom. The number of amides is 1. The average molecular weight is 393 g/mol. The standard InChI is InChI=1S/C20H22F3N3O2/c1-25-10-12-26(13-11-25)16-8-6-15(7-9-16)24-19(27)14-28-18-5-3-2-4-17(18)20(21,22)23/h2-9H,10-14H2,1H3,(H,24,27). The minimum atomic E-state index is -4.54. The fourth-order valence-electron chi connectivity index (χ4n) is 2.99. The zero-order valence-corrected chi connectivity index (χ0v) is 15.5. The maximum Gasteiger partial charge on any atom is 0.419 e. The van der Waals surface area contributed by atoms with Crippen LogP contribution < -0.4 is 15.0 Å². The summed E-state index contributed by atoms with van der Waals surface area (Å²) in [5.74, 6) is -0.889. The lowest BCUT2D eigenvalue weighted by atomic mass is 10.2. The number of hydrogen-bond donors (Lipinski definition) is 1. The number of piperazine rings is 1. The van der Waals surface area contributed by atoms with E-state index in [-0.39, 0.29) is 5.75 Å². The molecule has 2 aromatic rings. The van der Waals surface area contributed by atoms with E-state index in [0.717, 1.165) is 37.9 Å². The molecule has 0 saturated carbocycles. The number of alkyl halides is 3. The highest BCUT2D eigenvalue weighted by atomic mass is 19.4. The molecule has 1 amide bonds. The molecular weight excluding hydrogens is 371 g/mol. The summed E-state index contributed by atoms with van der Waals surface area (Å²) >= 11 is 0. The van der Waals surface area contributed by atoms with Crippen molar-refractivity contribution < 1.29 is 22.7 Å². The summed E-state index contributed by atoms with van der Waals surface area (Å²) in [5, 5.41) is 2.64. The van der Waals surface area contributed by atoms with Crippen LogP contribution in [0.1, 0.15) is 5.56 Å². The van der Waals surface area contributed by atoms with E-state index in [2.05, 4.69) is 22.2 Å². The molecule has 0 aromatic heterocycles. The van der Waals surface area contributed by atoms with Gasteiger partial charge in [-0.3, -0.25) is 4.79 Å². The van der Waals surface area contributed by atoms with Crippen LogP contribution in [-0.4, -0.2) is 50.6 Å². The summed E-state index contributed by atoms with van der Waals surface area (Å²) in [6.45, 7) is 3.36. The van der Waals surface area contributed by atoms with Crippen LogP contribution in [0.15, 0.2) is 48.5 Å². The molecule has 1 N–H and O–H groups in total. The molecule has 1 heterocycles. The van der Waals surface area contributed by atoms with Gasteiger partial charge in [0.15, 0.2) is 6.61 Å². The number of nitrogens with one attached hydrogen (secondary N) is 1. The van der Waals surface area contributed by atoms with Crippen molar-refractivity contribution >= 4 is 17.3 Å². The number of anilines is 2. The molecular formula is C20H22F3N3O2. The Kier molecular flexibility index (Phi) is 6.08. The zero-order chi connectivity index (χ0) is 20.1. The van der Waals surface area contributed by atoms with E-state index in [9.17, 15) is 18.0 Å². The Morgan fingerprint density at radius 2 is 1.68 bits per heavy atom. The second-order valence-electron chi connectivity index (χ2n) is 6.67. The predicted molar refractivity (Wildman–Crippen MR) is 102 cm³/mol. The summed E-state index contributed by atoms with van der Waals surface area (Å²) in [6.07, 6.45) is -4.54. The van der Waals surface area contributed by atoms with Gasteiger partial charge in [0, 0.05) is 37.6 Å². The molecule has 0 spiro atoms. The molecule has 0 aliphatic carbocycles. The van der Waals surface area contributed by atoms with Gasteiger partial charge in [-0.15, -0.1) is 0 Å². The van der Waals surface area contributed by atoms with Crippen molar-refractivity contribution in [2.75, 3.05) is 50.1 Å². The molecule has 2 aromatic carbocycles. The van der Waals surface area contributed by atoms with Gasteiger partial charge in [0.25, 0.3) is 5.91 Å². The second-order valence-corrected chi connectivity index (χ2v) is 6.67. The highest BCUT2D eigenvalue weighted by Crippen LogP contribution is 2.35. The first-order chi connectivity index (χ1) is 13.3. The van der Waals surface area contributed by atoms with Crippen LogP contribution >= 0.6 is 0 Å². The Morgan fingerprint density at radius 1 is 1.04 bits per heavy atom. The third-order valence-corrected chi connectivity index (χ3v) is 4.57. The van der Waals surface area contributed by atoms with Crippen LogP contribution in [0, 0.1) is 0 Å². The minimum absolute atomic E-state index is 0.365. The number of ether oxygens (including phenoxy) is 1. The Balaban J connectivity index is 1.54. The third-order valence-electron chi connectivity index (χ3n) is 4.57. The van der Waals surface area contributed by atoms with E-state index in [0.29, 0.717) is 5.69 Å². The summed E-state index contributed by atoms with van der Waals surface area (Å²) in [7, 11) is 2.09. The summed E-state index contributed by atoms with van der Waals surface area (Å²) in [4.78, 5) is 16.6. The molecule has 0 atom stereocenters. The minimum Gasteiger partial charge on any atom is -0.483 e. The number of para-hydroxylation sites is 1. The highest BCUT2D eigenvalue weighted by Gasteiger charge is 2.34. The van der Waals surface area contributed by atoms with Gasteiger partial charge in [-0.1, -0.05) is 12.1 Å². The van der Waals surface area contributed by atoms with Crippen LogP contribution in [0.25, 0.3) is 0 Å². The lowest BCUT2D eigenvalue weighted by molar-refractivity contribution is -0.139. The van der Waals surface area contributed by atoms with E-state index < -0.39 is 24.3 Å². The lowest BCUT2D eigenvalue weighted by Gasteiger charge is -2.34. The highest BCUT2D eigenvalue weighted by molar-refractivity contribution is 5.92. The first-order valence-electron chi connectivity index (χ1n) is 8.95. The number of rotatable bonds is 5. The molecule has 150 valence electrons. The van der Waals surface area contributed by atoms with Crippen molar-refractivity contribution in [3.05, 3.63) is 54.1 Å². The number of nitrogens with zero attached hydrogens (tertiary/aromatic N) is 2. The Hall–Kier alpha value is -2.74. The molecule has 3 rings (SSSR count). The van der Waals surface area contributed by atoms with Crippen molar-refractivity contribution in [1.82, 2.24) is 4.90 Å². The maximum absolute atomic E-state index is 12.9. The molecule has 1 saturated heterocycles. The van der Waals surface area contributed by atoms with Crippen LogP contribution in [0.2, 0.25) is 0 Å². The SMILES string of the molecule is CN1CCN(c2ccc(NC(=O)COc3ccccc3C(F)(F)F)cc2)CC1. The number of halogens is 3. The van der Waals surface area contributed by atoms with Gasteiger partial charge in [0.05, 0.1) is 5.56 Å². The maximum atomic E-state index is 12.9. The van der Waals surface area contributed by atoms with Crippen LogP contribution in [0.3, 0.4) is 0 Å². The first-order valence-corrected chi connectivity index (χ1v) is 8.95. The van der Waals surface area contributed by atoms with Crippen molar-refractivity contribution in [2.24, 2.45) is 0 Å². The Labute approximate surface area is 161 Å². The van der Waals surface area contributed by atoms with Gasteiger partial charge in [-0.05, 0) is 43.4 Å². The predicted octanol–water partition coefficient (Wildman–Crippen LogP) is 3.47. The number of benzene rings is 2. The second kappa shape index (κ2) is 8.52. The molecule has 1 aliphatic rings. The number of carbonyl (C=O) groups is 1. The van der Waals surface area contributed by atoms with Gasteiger partial charge in [-0.2, -0.15) is 13.2 Å². The molecule has 1 aliphatic heterocycles. The molecule has 0 bridgehead atoms. The van der Waals surface area contributed by atoms with Gasteiger partial charge >= 0.3 is 6.18 Å². The van der Waals surface area contributed by atoms with Crippen molar-refractivity contribution in [3.8, 4) is 5.75 Å². The molecule has 5 nitrogen and oxygen atoms in total. The van der Waals surface area contributed by atoms with Gasteiger partial charge in [0.2, 0.25) is 0 Å². The fourth-order valence-corrected chi connectivity index (χ4v) is 2.99. The van der Waals surface area contributed by atoms with E-state index in [1.165, 1.54) is 18.2 Å². The quantitative estimate of drug-likeness (QED) is 0.845. The summed E-state index contributed by atoms with van der Waals surface area (Å²) in [6, 6.07) is 12.2. The Bertz CT molecular complexity index is 801. The van der Waals surface area contributed by atoms with Crippen molar-refractivity contribution in [3.63, 3.8) is 0 Å². The van der Waals surface area contributed by atoms with Crippen molar-refractivity contribution in [2.45, 2.75) is 6.18 Å². The van der Waals surface area contributed by atoms with E-state index in [1.807, 2.05) is 12.1 Å². The van der Waals surface area contributed by atoms with Crippen molar-refractivity contribution in [1.29, 1.82) is 0 Å². The van der Waals surface area contributed by atoms with Crippen LogP contribution in [0.4, 0.5) is 24.5 Å². The van der Waals surface area contributed by atoms with Gasteiger partial charge < -0.3 is 19.9 Å². The number of hydrogen-bond acceptors (Lipinski definition) is 4.